The van der Waals surface area contributed by atoms with Crippen LogP contribution in [0.5, 0.6) is 0 Å². The number of nitrogens with zero attached hydrogens (tertiary/aromatic N) is 2. The Balaban J connectivity index is 2.40. The lowest BCUT2D eigenvalue weighted by molar-refractivity contribution is -0.138. The van der Waals surface area contributed by atoms with Crippen molar-refractivity contribution in [3.63, 3.8) is 0 Å². The van der Waals surface area contributed by atoms with Crippen LogP contribution in [0.3, 0.4) is 0 Å². The summed E-state index contributed by atoms with van der Waals surface area (Å²) in [5.74, 6) is -1.69. The van der Waals surface area contributed by atoms with Gasteiger partial charge in [-0.3, -0.25) is 9.48 Å². The fourth-order valence-corrected chi connectivity index (χ4v) is 2.02. The van der Waals surface area contributed by atoms with Gasteiger partial charge in [-0.15, -0.1) is 0 Å². The zero-order chi connectivity index (χ0) is 15.6. The van der Waals surface area contributed by atoms with E-state index in [1.165, 1.54) is 10.9 Å². The number of carboxylic acid groups (broad SMARTS) is 1. The molecule has 7 heteroatoms. The van der Waals surface area contributed by atoms with E-state index in [1.807, 2.05) is 6.92 Å². The number of hydrogen-bond acceptors (Lipinski definition) is 4. The van der Waals surface area contributed by atoms with Crippen molar-refractivity contribution in [1.29, 1.82) is 0 Å². The number of nitrogens with two attached hydrogens (primary N) is 1. The highest BCUT2D eigenvalue weighted by molar-refractivity contribution is 5.99. The molecule has 2 aromatic rings. The molecule has 0 spiro atoms. The molecule has 110 valence electrons. The largest absolute Gasteiger partial charge is 0.479 e. The number of aromatic nitrogens is 2. The topological polar surface area (TPSA) is 110 Å². The summed E-state index contributed by atoms with van der Waals surface area (Å²) in [7, 11) is 1.70. The summed E-state index contributed by atoms with van der Waals surface area (Å²) in [4.78, 5) is 22.9. The number of nitrogens with one attached hydrogen (secondary N) is 1. The third-order valence-corrected chi connectivity index (χ3v) is 3.05. The minimum atomic E-state index is -1.07. The molecule has 1 unspecified atom stereocenters. The smallest absolute Gasteiger partial charge is 0.330 e. The van der Waals surface area contributed by atoms with Crippen molar-refractivity contribution in [3.05, 3.63) is 47.3 Å². The van der Waals surface area contributed by atoms with Crippen molar-refractivity contribution in [2.24, 2.45) is 12.8 Å². The van der Waals surface area contributed by atoms with Crippen LogP contribution >= 0.6 is 0 Å². The van der Waals surface area contributed by atoms with Gasteiger partial charge < -0.3 is 16.2 Å². The molecule has 1 aromatic heterocycles. The molecule has 0 saturated heterocycles. The first-order valence-electron chi connectivity index (χ1n) is 6.27. The standard InChI is InChI=1S/C14H16N4O3/c1-8-3-4-10(13(15)19)11(5-8)17-12(14(20)21)9-6-16-18(2)7-9/h3-7,12,17H,1-2H3,(H2,15,19)(H,20,21). The van der Waals surface area contributed by atoms with Gasteiger partial charge in [0, 0.05) is 24.5 Å². The summed E-state index contributed by atoms with van der Waals surface area (Å²) < 4.78 is 1.51. The first-order valence-corrected chi connectivity index (χ1v) is 6.27. The predicted molar refractivity (Wildman–Crippen MR) is 76.9 cm³/mol. The van der Waals surface area contributed by atoms with Crippen LogP contribution in [0, 0.1) is 6.92 Å². The monoisotopic (exact) mass is 288 g/mol. The van der Waals surface area contributed by atoms with Crippen molar-refractivity contribution < 1.29 is 14.7 Å². The number of carboxylic acids is 1. The van der Waals surface area contributed by atoms with Gasteiger partial charge in [0.05, 0.1) is 11.8 Å². The van der Waals surface area contributed by atoms with Crippen LogP contribution in [0.1, 0.15) is 27.5 Å². The molecule has 1 heterocycles. The van der Waals surface area contributed by atoms with Crippen molar-refractivity contribution in [2.75, 3.05) is 5.32 Å². The van der Waals surface area contributed by atoms with Crippen LogP contribution < -0.4 is 11.1 Å². The first kappa shape index (κ1) is 14.6. The average Bonchev–Trinajstić information content (AvgIpc) is 2.81. The summed E-state index contributed by atoms with van der Waals surface area (Å²) in [5, 5.41) is 16.2. The molecule has 1 aromatic carbocycles. The molecule has 4 N–H and O–H groups in total. The third-order valence-electron chi connectivity index (χ3n) is 3.05. The van der Waals surface area contributed by atoms with Crippen molar-refractivity contribution in [1.82, 2.24) is 9.78 Å². The zero-order valence-corrected chi connectivity index (χ0v) is 11.7. The maximum Gasteiger partial charge on any atom is 0.330 e. The maximum atomic E-state index is 11.5. The van der Waals surface area contributed by atoms with E-state index in [9.17, 15) is 14.7 Å². The van der Waals surface area contributed by atoms with E-state index in [4.69, 9.17) is 5.73 Å². The van der Waals surface area contributed by atoms with Gasteiger partial charge in [0.1, 0.15) is 0 Å². The molecule has 0 aliphatic heterocycles. The van der Waals surface area contributed by atoms with Gasteiger partial charge in [0.25, 0.3) is 5.91 Å². The Hall–Kier alpha value is -2.83. The number of aryl methyl sites for hydroxylation is 2. The Morgan fingerprint density at radius 3 is 2.67 bits per heavy atom. The number of carbonyl (C=O) groups excluding carboxylic acids is 1. The molecule has 0 bridgehead atoms. The number of rotatable bonds is 5. The minimum absolute atomic E-state index is 0.246. The van der Waals surface area contributed by atoms with Crippen LogP contribution in [-0.4, -0.2) is 26.8 Å². The second kappa shape index (κ2) is 5.66. The summed E-state index contributed by atoms with van der Waals surface area (Å²) in [6.07, 6.45) is 3.07. The van der Waals surface area contributed by atoms with Gasteiger partial charge in [0.2, 0.25) is 0 Å². The number of primary amides is 1. The number of anilines is 1. The highest BCUT2D eigenvalue weighted by atomic mass is 16.4. The van der Waals surface area contributed by atoms with E-state index in [1.54, 1.807) is 31.4 Å². The Morgan fingerprint density at radius 2 is 2.14 bits per heavy atom. The second-order valence-corrected chi connectivity index (χ2v) is 4.78. The Bertz CT molecular complexity index is 693. The molecule has 7 nitrogen and oxygen atoms in total. The van der Waals surface area contributed by atoms with Crippen molar-refractivity contribution in [2.45, 2.75) is 13.0 Å². The van der Waals surface area contributed by atoms with Crippen LogP contribution in [0.15, 0.2) is 30.6 Å². The summed E-state index contributed by atoms with van der Waals surface area (Å²) in [5.41, 5.74) is 7.33. The Morgan fingerprint density at radius 1 is 1.43 bits per heavy atom. The second-order valence-electron chi connectivity index (χ2n) is 4.78. The lowest BCUT2D eigenvalue weighted by atomic mass is 10.1. The molecule has 0 radical (unpaired) electrons. The Kier molecular flexibility index (Phi) is 3.93. The fourth-order valence-electron chi connectivity index (χ4n) is 2.02. The minimum Gasteiger partial charge on any atom is -0.479 e. The third kappa shape index (κ3) is 3.19. The Labute approximate surface area is 121 Å². The molecule has 0 saturated carbocycles. The van der Waals surface area contributed by atoms with E-state index >= 15 is 0 Å². The van der Waals surface area contributed by atoms with Crippen LogP contribution in [0.25, 0.3) is 0 Å². The van der Waals surface area contributed by atoms with E-state index in [0.29, 0.717) is 11.3 Å². The highest BCUT2D eigenvalue weighted by Gasteiger charge is 2.23. The molecule has 1 atom stereocenters. The lowest BCUT2D eigenvalue weighted by Gasteiger charge is -2.17. The molecule has 21 heavy (non-hydrogen) atoms. The quantitative estimate of drug-likeness (QED) is 0.762. The molecule has 0 aliphatic rings. The number of hydrogen-bond donors (Lipinski definition) is 3. The number of aliphatic carboxylic acids is 1. The first-order chi connectivity index (χ1) is 9.88. The number of carbonyl (C=O) groups is 2. The molecule has 1 amide bonds. The molecule has 2 rings (SSSR count). The van der Waals surface area contributed by atoms with Crippen molar-refractivity contribution in [3.8, 4) is 0 Å². The van der Waals surface area contributed by atoms with E-state index in [2.05, 4.69) is 10.4 Å². The molecular weight excluding hydrogens is 272 g/mol. The molecule has 0 aliphatic carbocycles. The molecular formula is C14H16N4O3. The average molecular weight is 288 g/mol. The van der Waals surface area contributed by atoms with Gasteiger partial charge in [-0.25, -0.2) is 4.79 Å². The van der Waals surface area contributed by atoms with Gasteiger partial charge in [-0.2, -0.15) is 5.10 Å². The summed E-state index contributed by atoms with van der Waals surface area (Å²) >= 11 is 0. The van der Waals surface area contributed by atoms with Crippen LogP contribution in [-0.2, 0) is 11.8 Å². The van der Waals surface area contributed by atoms with E-state index < -0.39 is 17.9 Å². The van der Waals surface area contributed by atoms with E-state index in [-0.39, 0.29) is 5.56 Å². The van der Waals surface area contributed by atoms with Crippen molar-refractivity contribution >= 4 is 17.6 Å². The van der Waals surface area contributed by atoms with Gasteiger partial charge in [-0.05, 0) is 24.6 Å². The maximum absolute atomic E-state index is 11.5. The summed E-state index contributed by atoms with van der Waals surface area (Å²) in [6.45, 7) is 1.84. The SMILES string of the molecule is Cc1ccc(C(N)=O)c(NC(C(=O)O)c2cnn(C)c2)c1. The van der Waals surface area contributed by atoms with Crippen LogP contribution in [0.4, 0.5) is 5.69 Å². The number of benzene rings is 1. The highest BCUT2D eigenvalue weighted by Crippen LogP contribution is 2.24. The number of amides is 1. The van der Waals surface area contributed by atoms with Gasteiger partial charge in [0.15, 0.2) is 6.04 Å². The lowest BCUT2D eigenvalue weighted by Crippen LogP contribution is -2.22. The van der Waals surface area contributed by atoms with E-state index in [0.717, 1.165) is 5.56 Å². The summed E-state index contributed by atoms with van der Waals surface area (Å²) in [6, 6.07) is 3.98. The van der Waals surface area contributed by atoms with Gasteiger partial charge >= 0.3 is 5.97 Å². The van der Waals surface area contributed by atoms with Crippen LogP contribution in [0.2, 0.25) is 0 Å². The predicted octanol–water partition coefficient (Wildman–Crippen LogP) is 1.07. The molecule has 0 fully saturated rings. The zero-order valence-electron chi connectivity index (χ0n) is 11.7. The van der Waals surface area contributed by atoms with Gasteiger partial charge in [-0.1, -0.05) is 6.07 Å². The fraction of sp³-hybridized carbons (Fsp3) is 0.214. The normalized spacial score (nSPS) is 11.9.